The van der Waals surface area contributed by atoms with Gasteiger partial charge in [0.15, 0.2) is 12.2 Å². The second-order valence-electron chi connectivity index (χ2n) is 2.63. The summed E-state index contributed by atoms with van der Waals surface area (Å²) in [6.07, 6.45) is -4.53. The summed E-state index contributed by atoms with van der Waals surface area (Å²) in [5.74, 6) is -8.99. The molecule has 0 aliphatic heterocycles. The van der Waals surface area contributed by atoms with E-state index in [1.165, 1.54) is 0 Å². The quantitative estimate of drug-likeness (QED) is 0.248. The molecule has 0 saturated carbocycles. The van der Waals surface area contributed by atoms with E-state index in [1.807, 2.05) is 0 Å². The van der Waals surface area contributed by atoms with Gasteiger partial charge in [0, 0.05) is 5.97 Å². The molecule has 0 bridgehead atoms. The molecular weight excluding hydrogens is 407 g/mol. The van der Waals surface area contributed by atoms with Crippen LogP contribution in [0.15, 0.2) is 0 Å². The average Bonchev–Trinajstić information content (AvgIpc) is 2.26. The number of hydrogen-bond acceptors (Lipinski definition) is 10. The van der Waals surface area contributed by atoms with E-state index >= 15 is 0 Å². The van der Waals surface area contributed by atoms with Crippen molar-refractivity contribution in [1.29, 1.82) is 0 Å². The Bertz CT molecular complexity index is 343. The van der Waals surface area contributed by atoms with Crippen LogP contribution in [0, 0.1) is 0 Å². The number of carboxylic acids is 5. The molecule has 0 spiro atoms. The molecule has 0 amide bonds. The van der Waals surface area contributed by atoms with Crippen molar-refractivity contribution in [2.24, 2.45) is 0 Å². The van der Waals surface area contributed by atoms with Crippen LogP contribution in [0.5, 0.6) is 0 Å². The second-order valence-corrected chi connectivity index (χ2v) is 2.63. The molecule has 21 heavy (non-hydrogen) atoms. The van der Waals surface area contributed by atoms with Crippen LogP contribution in [0.25, 0.3) is 0 Å². The summed E-state index contributed by atoms with van der Waals surface area (Å²) in [6.45, 7) is 0.972. The third-order valence-corrected chi connectivity index (χ3v) is 0.972. The third-order valence-electron chi connectivity index (χ3n) is 0.972. The summed E-state index contributed by atoms with van der Waals surface area (Å²) >= 11 is 0. The van der Waals surface area contributed by atoms with Gasteiger partial charge in [-0.25, -0.2) is 9.59 Å². The number of aliphatic carboxylic acids is 5. The normalized spacial score (nSPS) is 10.8. The SMILES string of the molecule is CC(=O)[O-].O=C(O)C(O)C(O)C(=O)O.O=C([O-])C(=O)[O-].[SnH+3]. The van der Waals surface area contributed by atoms with Crippen LogP contribution in [-0.2, 0) is 24.0 Å². The standard InChI is InChI=1S/C4H6O6.C2H2O4.C2H4O2.Sn.H/c5-1(3(7)8)2(6)4(9)10;3-1(4)2(5)6;1-2(3)4;;/h1-2,5-6H,(H,7,8)(H,9,10);(H,3,4)(H,5,6);1H3,(H,3,4);;/q;;;+3;/p-3. The fourth-order valence-corrected chi connectivity index (χ4v) is 0.270. The number of carbonyl (C=O) groups excluding carboxylic acids is 3. The molecule has 0 radical (unpaired) electrons. The van der Waals surface area contributed by atoms with Crippen LogP contribution in [-0.4, -0.2) is 86.4 Å². The fourth-order valence-electron chi connectivity index (χ4n) is 0.270. The molecule has 0 aliphatic carbocycles. The van der Waals surface area contributed by atoms with Crippen LogP contribution in [0.3, 0.4) is 0 Å². The molecule has 2 unspecified atom stereocenters. The van der Waals surface area contributed by atoms with Crippen LogP contribution in [0.4, 0.5) is 0 Å². The van der Waals surface area contributed by atoms with Crippen molar-refractivity contribution in [3.05, 3.63) is 0 Å². The number of carboxylic acid groups (broad SMARTS) is 5. The Balaban J connectivity index is -0.000000113. The predicted octanol–water partition coefficient (Wildman–Crippen LogP) is -7.53. The minimum atomic E-state index is -2.27. The first-order valence-electron chi connectivity index (χ1n) is 4.26. The van der Waals surface area contributed by atoms with E-state index in [2.05, 4.69) is 0 Å². The van der Waals surface area contributed by atoms with Gasteiger partial charge in [-0.1, -0.05) is 0 Å². The van der Waals surface area contributed by atoms with Gasteiger partial charge in [0.2, 0.25) is 0 Å². The van der Waals surface area contributed by atoms with E-state index in [0.29, 0.717) is 0 Å². The van der Waals surface area contributed by atoms with E-state index < -0.39 is 42.1 Å². The van der Waals surface area contributed by atoms with Crippen LogP contribution in [0.1, 0.15) is 6.92 Å². The summed E-state index contributed by atoms with van der Waals surface area (Å²) in [5, 5.41) is 59.3. The Morgan fingerprint density at radius 3 is 0.952 bits per heavy atom. The van der Waals surface area contributed by atoms with E-state index in [1.54, 1.807) is 0 Å². The van der Waals surface area contributed by atoms with Gasteiger partial charge < -0.3 is 50.1 Å². The first kappa shape index (κ1) is 27.4. The van der Waals surface area contributed by atoms with Gasteiger partial charge >= 0.3 is 35.8 Å². The summed E-state index contributed by atoms with van der Waals surface area (Å²) in [4.78, 5) is 46.3. The summed E-state index contributed by atoms with van der Waals surface area (Å²) in [6, 6.07) is 0. The molecule has 0 aromatic carbocycles. The van der Waals surface area contributed by atoms with E-state index in [9.17, 15) is 9.59 Å². The summed E-state index contributed by atoms with van der Waals surface area (Å²) in [7, 11) is 0. The molecule has 0 rings (SSSR count). The number of aliphatic hydroxyl groups excluding tert-OH is 2. The molecule has 0 aromatic heterocycles. The van der Waals surface area contributed by atoms with Crippen LogP contribution in [0.2, 0.25) is 0 Å². The van der Waals surface area contributed by atoms with Crippen LogP contribution >= 0.6 is 0 Å². The minimum absolute atomic E-state index is 0. The van der Waals surface area contributed by atoms with E-state index in [4.69, 9.17) is 50.1 Å². The van der Waals surface area contributed by atoms with Crippen molar-refractivity contribution in [2.45, 2.75) is 19.1 Å². The zero-order valence-corrected chi connectivity index (χ0v) is 13.6. The molecule has 0 saturated heterocycles. The molecule has 2 atom stereocenters. The molecule has 12 nitrogen and oxygen atoms in total. The molecule has 0 fully saturated rings. The van der Waals surface area contributed by atoms with Gasteiger partial charge in [-0.15, -0.1) is 0 Å². The maximum absolute atomic E-state index is 9.77. The van der Waals surface area contributed by atoms with Crippen molar-refractivity contribution >= 4 is 53.8 Å². The Labute approximate surface area is 133 Å². The van der Waals surface area contributed by atoms with Gasteiger partial charge in [0.1, 0.15) is 0 Å². The molecule has 4 N–H and O–H groups in total. The number of hydrogen-bond donors (Lipinski definition) is 4. The fraction of sp³-hybridized carbons (Fsp3) is 0.375. The first-order valence-corrected chi connectivity index (χ1v) is 4.26. The van der Waals surface area contributed by atoms with Gasteiger partial charge in [-0.05, 0) is 6.92 Å². The third kappa shape index (κ3) is 23.6. The summed E-state index contributed by atoms with van der Waals surface area (Å²) in [5.41, 5.74) is 0. The van der Waals surface area contributed by atoms with Crippen molar-refractivity contribution in [3.8, 4) is 0 Å². The zero-order valence-electron chi connectivity index (χ0n) is 10.3. The monoisotopic (exact) mass is 418 g/mol. The van der Waals surface area contributed by atoms with Crippen molar-refractivity contribution in [1.82, 2.24) is 0 Å². The first-order chi connectivity index (χ1) is 8.84. The van der Waals surface area contributed by atoms with Gasteiger partial charge in [0.05, 0.1) is 11.9 Å². The van der Waals surface area contributed by atoms with Gasteiger partial charge in [0.25, 0.3) is 0 Å². The van der Waals surface area contributed by atoms with Crippen molar-refractivity contribution in [2.75, 3.05) is 0 Å². The Morgan fingerprint density at radius 1 is 0.762 bits per heavy atom. The van der Waals surface area contributed by atoms with Gasteiger partial charge in [-0.3, -0.25) is 0 Å². The molecule has 0 heterocycles. The molecule has 0 aromatic rings. The number of rotatable bonds is 3. The molecule has 118 valence electrons. The van der Waals surface area contributed by atoms with E-state index in [-0.39, 0.29) is 23.9 Å². The Kier molecular flexibility index (Phi) is 18.9. The Hall–Kier alpha value is -1.93. The predicted molar refractivity (Wildman–Crippen MR) is 55.1 cm³/mol. The number of carbonyl (C=O) groups is 5. The number of aliphatic hydroxyl groups is 2. The second kappa shape index (κ2) is 14.5. The maximum atomic E-state index is 9.77. The van der Waals surface area contributed by atoms with E-state index in [0.717, 1.165) is 6.92 Å². The van der Waals surface area contributed by atoms with Crippen LogP contribution < -0.4 is 15.3 Å². The van der Waals surface area contributed by atoms with Gasteiger partial charge in [-0.2, -0.15) is 0 Å². The topological polar surface area (TPSA) is 235 Å². The average molecular weight is 417 g/mol. The molecule has 0 aliphatic rings. The van der Waals surface area contributed by atoms with Crippen molar-refractivity contribution < 1.29 is 59.7 Å². The zero-order chi connectivity index (χ0) is 17.0. The Morgan fingerprint density at radius 2 is 0.905 bits per heavy atom. The van der Waals surface area contributed by atoms with Crippen molar-refractivity contribution in [3.63, 3.8) is 0 Å². The summed E-state index contributed by atoms with van der Waals surface area (Å²) < 4.78 is 0. The molecular formula is C8H10O12Sn. The molecule has 13 heteroatoms.